The van der Waals surface area contributed by atoms with Crippen molar-refractivity contribution in [1.29, 1.82) is 0 Å². The maximum Gasteiger partial charge on any atom is 0.172 e. The molecule has 0 aromatic carbocycles. The first kappa shape index (κ1) is 53.2. The Morgan fingerprint density at radius 1 is 0.268 bits per heavy atom. The topological polar surface area (TPSA) is 3.88 Å². The minimum atomic E-state index is 1.21. The molecule has 0 fully saturated rings. The number of unbranched alkanes of at least 4 members (excludes halogenated alkanes) is 41. The zero-order valence-electron chi connectivity index (χ0n) is 39.4. The van der Waals surface area contributed by atoms with E-state index >= 15 is 0 Å². The number of aromatic nitrogens is 1. The highest BCUT2D eigenvalue weighted by Crippen LogP contribution is 2.19. The van der Waals surface area contributed by atoms with Crippen LogP contribution in [0.25, 0.3) is 0 Å². The van der Waals surface area contributed by atoms with Crippen LogP contribution in [0.15, 0.2) is 18.5 Å². The van der Waals surface area contributed by atoms with Crippen molar-refractivity contribution in [3.8, 4) is 0 Å². The van der Waals surface area contributed by atoms with E-state index < -0.39 is 0 Å². The van der Waals surface area contributed by atoms with Gasteiger partial charge in [0.15, 0.2) is 12.4 Å². The predicted molar refractivity (Wildman–Crippen MR) is 254 cm³/mol. The van der Waals surface area contributed by atoms with Gasteiger partial charge in [-0.25, -0.2) is 4.57 Å². The lowest BCUT2D eigenvalue weighted by molar-refractivity contribution is -0.697. The molecule has 1 aromatic heterocycles. The van der Waals surface area contributed by atoms with E-state index in [1.165, 1.54) is 302 Å². The second kappa shape index (κ2) is 45.2. The molecule has 1 aromatic rings. The Balaban J connectivity index is 2.28. The second-order valence-corrected chi connectivity index (χ2v) is 18.7. The highest BCUT2D eigenvalue weighted by Gasteiger charge is 2.10. The van der Waals surface area contributed by atoms with Crippen LogP contribution in [0.3, 0.4) is 0 Å². The van der Waals surface area contributed by atoms with Crippen molar-refractivity contribution >= 4 is 0 Å². The minimum absolute atomic E-state index is 1.21. The smallest absolute Gasteiger partial charge is 0.172 e. The Morgan fingerprint density at radius 3 is 0.786 bits per heavy atom. The SMILES string of the molecule is CCCCCCCCCCCCCCCCCc1cc[n+](CCCCCCCCCCCCCCCC)cc1CCCCCCCCCCCCCCCCC. The van der Waals surface area contributed by atoms with Crippen molar-refractivity contribution in [1.82, 2.24) is 0 Å². The van der Waals surface area contributed by atoms with E-state index in [0.717, 1.165) is 0 Å². The van der Waals surface area contributed by atoms with Crippen molar-refractivity contribution < 1.29 is 4.57 Å². The molecule has 1 heterocycles. The third kappa shape index (κ3) is 37.4. The summed E-state index contributed by atoms with van der Waals surface area (Å²) >= 11 is 0. The van der Waals surface area contributed by atoms with Gasteiger partial charge in [-0.1, -0.05) is 278 Å². The molecule has 0 spiro atoms. The first-order chi connectivity index (χ1) is 27.8. The average molecular weight is 781 g/mol. The van der Waals surface area contributed by atoms with E-state index in [4.69, 9.17) is 0 Å². The Labute approximate surface area is 355 Å². The standard InChI is InChI=1S/C55H106N/c1-4-7-10-13-16-19-22-25-28-30-33-36-39-42-45-48-54-50-52-56(51-47-44-41-38-35-32-27-24-21-18-15-12-9-6-3)53-55(54)49-46-43-40-37-34-31-29-26-23-20-17-14-11-8-5-2/h50,52-53H,4-49,51H2,1-3H3/q+1. The molecule has 0 unspecified atom stereocenters. The van der Waals surface area contributed by atoms with E-state index in [9.17, 15) is 0 Å². The summed E-state index contributed by atoms with van der Waals surface area (Å²) in [6.45, 7) is 8.16. The Morgan fingerprint density at radius 2 is 0.500 bits per heavy atom. The lowest BCUT2D eigenvalue weighted by atomic mass is 9.97. The Kier molecular flexibility index (Phi) is 43.0. The van der Waals surface area contributed by atoms with Gasteiger partial charge in [0.2, 0.25) is 0 Å². The van der Waals surface area contributed by atoms with E-state index in [-0.39, 0.29) is 0 Å². The summed E-state index contributed by atoms with van der Waals surface area (Å²) in [7, 11) is 0. The van der Waals surface area contributed by atoms with Crippen LogP contribution in [0.4, 0.5) is 0 Å². The molecule has 0 aliphatic rings. The van der Waals surface area contributed by atoms with Crippen molar-refractivity contribution in [2.45, 2.75) is 323 Å². The largest absolute Gasteiger partial charge is 0.205 e. The van der Waals surface area contributed by atoms with E-state index in [1.54, 1.807) is 11.1 Å². The number of pyridine rings is 1. The molecule has 0 radical (unpaired) electrons. The maximum atomic E-state index is 2.58. The van der Waals surface area contributed by atoms with Gasteiger partial charge < -0.3 is 0 Å². The highest BCUT2D eigenvalue weighted by molar-refractivity contribution is 5.21. The molecule has 0 N–H and O–H groups in total. The van der Waals surface area contributed by atoms with E-state index in [1.807, 2.05) is 0 Å². The van der Waals surface area contributed by atoms with Gasteiger partial charge in [0, 0.05) is 18.1 Å². The number of hydrogen-bond donors (Lipinski definition) is 0. The van der Waals surface area contributed by atoms with E-state index in [2.05, 4.69) is 43.8 Å². The molecule has 0 saturated carbocycles. The van der Waals surface area contributed by atoms with Crippen LogP contribution in [0.2, 0.25) is 0 Å². The molecule has 330 valence electrons. The van der Waals surface area contributed by atoms with Crippen LogP contribution >= 0.6 is 0 Å². The normalized spacial score (nSPS) is 11.6. The van der Waals surface area contributed by atoms with Crippen molar-refractivity contribution in [3.63, 3.8) is 0 Å². The van der Waals surface area contributed by atoms with Gasteiger partial charge in [-0.15, -0.1) is 0 Å². The van der Waals surface area contributed by atoms with Crippen LogP contribution in [0, 0.1) is 0 Å². The molecule has 1 heteroatoms. The van der Waals surface area contributed by atoms with Crippen LogP contribution in [-0.2, 0) is 19.4 Å². The summed E-state index contributed by atoms with van der Waals surface area (Å²) in [6.07, 6.45) is 71.2. The lowest BCUT2D eigenvalue weighted by Crippen LogP contribution is -2.34. The maximum absolute atomic E-state index is 2.58. The van der Waals surface area contributed by atoms with Crippen molar-refractivity contribution in [2.24, 2.45) is 0 Å². The van der Waals surface area contributed by atoms with Crippen LogP contribution in [0.1, 0.15) is 314 Å². The highest BCUT2D eigenvalue weighted by atomic mass is 14.9. The molecule has 0 aliphatic heterocycles. The quantitative estimate of drug-likeness (QED) is 0.0458. The zero-order valence-corrected chi connectivity index (χ0v) is 39.4. The molecule has 0 atom stereocenters. The van der Waals surface area contributed by atoms with Gasteiger partial charge in [0.25, 0.3) is 0 Å². The Bertz CT molecular complexity index is 874. The Hall–Kier alpha value is -0.850. The second-order valence-electron chi connectivity index (χ2n) is 18.7. The number of hydrogen-bond acceptors (Lipinski definition) is 0. The van der Waals surface area contributed by atoms with E-state index in [0.29, 0.717) is 0 Å². The van der Waals surface area contributed by atoms with Gasteiger partial charge in [-0.3, -0.25) is 0 Å². The number of rotatable bonds is 47. The summed E-state index contributed by atoms with van der Waals surface area (Å²) in [5.74, 6) is 0. The van der Waals surface area contributed by atoms with Crippen LogP contribution in [-0.4, -0.2) is 0 Å². The molecular formula is C55H106N+. The van der Waals surface area contributed by atoms with Crippen LogP contribution < -0.4 is 4.57 Å². The predicted octanol–water partition coefficient (Wildman–Crippen LogP) is 19.3. The summed E-state index contributed by atoms with van der Waals surface area (Å²) in [6, 6.07) is 2.52. The molecule has 0 bridgehead atoms. The minimum Gasteiger partial charge on any atom is -0.205 e. The van der Waals surface area contributed by atoms with Gasteiger partial charge in [-0.2, -0.15) is 0 Å². The summed E-state index contributed by atoms with van der Waals surface area (Å²) in [5, 5.41) is 0. The molecular weight excluding hydrogens is 675 g/mol. The monoisotopic (exact) mass is 781 g/mol. The third-order valence-electron chi connectivity index (χ3n) is 13.1. The van der Waals surface area contributed by atoms with Gasteiger partial charge >= 0.3 is 0 Å². The fourth-order valence-electron chi connectivity index (χ4n) is 9.09. The van der Waals surface area contributed by atoms with Gasteiger partial charge in [0.05, 0.1) is 0 Å². The van der Waals surface area contributed by atoms with Crippen LogP contribution in [0.5, 0.6) is 0 Å². The summed E-state index contributed by atoms with van der Waals surface area (Å²) in [4.78, 5) is 0. The zero-order chi connectivity index (χ0) is 40.1. The molecule has 0 aliphatic carbocycles. The fourth-order valence-corrected chi connectivity index (χ4v) is 9.09. The summed E-state index contributed by atoms with van der Waals surface area (Å²) in [5.41, 5.74) is 3.35. The van der Waals surface area contributed by atoms with Crippen molar-refractivity contribution in [3.05, 3.63) is 29.6 Å². The average Bonchev–Trinajstić information content (AvgIpc) is 3.21. The molecule has 1 rings (SSSR count). The molecule has 1 nitrogen and oxygen atoms in total. The summed E-state index contributed by atoms with van der Waals surface area (Å²) < 4.78 is 2.55. The number of aryl methyl sites for hydroxylation is 3. The fraction of sp³-hybridized carbons (Fsp3) is 0.909. The van der Waals surface area contributed by atoms with Crippen molar-refractivity contribution in [2.75, 3.05) is 0 Å². The first-order valence-corrected chi connectivity index (χ1v) is 26.8. The molecule has 0 amide bonds. The molecule has 0 saturated heterocycles. The van der Waals surface area contributed by atoms with Gasteiger partial charge in [-0.05, 0) is 37.7 Å². The lowest BCUT2D eigenvalue weighted by Gasteiger charge is -2.10. The first-order valence-electron chi connectivity index (χ1n) is 26.8. The van der Waals surface area contributed by atoms with Gasteiger partial charge in [0.1, 0.15) is 6.54 Å². The molecule has 56 heavy (non-hydrogen) atoms. The third-order valence-corrected chi connectivity index (χ3v) is 13.1. The number of nitrogens with zero attached hydrogens (tertiary/aromatic N) is 1.